The van der Waals surface area contributed by atoms with Crippen LogP contribution in [-0.4, -0.2) is 5.33 Å². The summed E-state index contributed by atoms with van der Waals surface area (Å²) >= 11 is 3.09. The van der Waals surface area contributed by atoms with Gasteiger partial charge in [0.2, 0.25) is 0 Å². The highest BCUT2D eigenvalue weighted by atomic mass is 79.9. The Balaban J connectivity index is 2.81. The lowest BCUT2D eigenvalue weighted by Gasteiger charge is -2.03. The monoisotopic (exact) mass is 216 g/mol. The summed E-state index contributed by atoms with van der Waals surface area (Å²) in [5.74, 6) is 0. The van der Waals surface area contributed by atoms with Crippen LogP contribution in [0.25, 0.3) is 0 Å². The van der Waals surface area contributed by atoms with Crippen LogP contribution in [-0.2, 0) is 0 Å². The summed E-state index contributed by atoms with van der Waals surface area (Å²) in [6.45, 7) is 1.99. The topological polar surface area (TPSA) is 0 Å². The summed E-state index contributed by atoms with van der Waals surface area (Å²) in [7, 11) is 0. The highest BCUT2D eigenvalue weighted by Gasteiger charge is 2.05. The molecular formula is C9H10BrF. The van der Waals surface area contributed by atoms with Gasteiger partial charge in [-0.1, -0.05) is 45.8 Å². The maximum atomic E-state index is 12.9. The van der Waals surface area contributed by atoms with E-state index < -0.39 is 6.17 Å². The molecule has 0 heterocycles. The Labute approximate surface area is 74.6 Å². The fourth-order valence-corrected chi connectivity index (χ4v) is 1.24. The molecule has 0 nitrogen and oxygen atoms in total. The smallest absolute Gasteiger partial charge is 0.135 e. The van der Waals surface area contributed by atoms with Crippen molar-refractivity contribution in [2.45, 2.75) is 13.1 Å². The average Bonchev–Trinajstić information content (AvgIpc) is 2.05. The first-order valence-corrected chi connectivity index (χ1v) is 4.63. The summed E-state index contributed by atoms with van der Waals surface area (Å²) < 4.78 is 12.9. The van der Waals surface area contributed by atoms with Gasteiger partial charge in [-0.2, -0.15) is 0 Å². The van der Waals surface area contributed by atoms with Crippen molar-refractivity contribution in [1.82, 2.24) is 0 Å². The number of rotatable bonds is 2. The van der Waals surface area contributed by atoms with Crippen LogP contribution in [0.3, 0.4) is 0 Å². The first-order chi connectivity index (χ1) is 5.24. The number of hydrogen-bond acceptors (Lipinski definition) is 0. The molecule has 0 unspecified atom stereocenters. The molecule has 0 amide bonds. The number of aryl methyl sites for hydroxylation is 1. The zero-order valence-corrected chi connectivity index (χ0v) is 7.94. The first kappa shape index (κ1) is 8.72. The van der Waals surface area contributed by atoms with Gasteiger partial charge in [0.1, 0.15) is 6.17 Å². The van der Waals surface area contributed by atoms with E-state index in [1.807, 2.05) is 31.2 Å². The highest BCUT2D eigenvalue weighted by Crippen LogP contribution is 2.19. The Hall–Kier alpha value is -0.370. The summed E-state index contributed by atoms with van der Waals surface area (Å²) in [5.41, 5.74) is 1.91. The van der Waals surface area contributed by atoms with Crippen LogP contribution in [0.15, 0.2) is 24.3 Å². The fraction of sp³-hybridized carbons (Fsp3) is 0.333. The Kier molecular flexibility index (Phi) is 3.06. The number of benzene rings is 1. The van der Waals surface area contributed by atoms with Gasteiger partial charge in [0.25, 0.3) is 0 Å². The molecule has 0 aliphatic rings. The second kappa shape index (κ2) is 3.86. The van der Waals surface area contributed by atoms with Crippen LogP contribution >= 0.6 is 15.9 Å². The second-order valence-corrected chi connectivity index (χ2v) is 3.18. The molecular weight excluding hydrogens is 207 g/mol. The molecule has 0 aliphatic carbocycles. The first-order valence-electron chi connectivity index (χ1n) is 3.50. The standard InChI is InChI=1S/C9H10BrF/c1-7-2-4-8(5-3-7)9(11)6-10/h2-5,9H,6H2,1H3/t9-/m0/s1. The van der Waals surface area contributed by atoms with Crippen molar-refractivity contribution in [2.75, 3.05) is 5.33 Å². The van der Waals surface area contributed by atoms with E-state index in [1.165, 1.54) is 0 Å². The zero-order valence-electron chi connectivity index (χ0n) is 6.35. The van der Waals surface area contributed by atoms with Gasteiger partial charge in [-0.05, 0) is 12.5 Å². The summed E-state index contributed by atoms with van der Waals surface area (Å²) in [6.07, 6.45) is -0.879. The number of halogens is 2. The molecule has 0 N–H and O–H groups in total. The second-order valence-electron chi connectivity index (χ2n) is 2.53. The molecule has 1 rings (SSSR count). The van der Waals surface area contributed by atoms with Crippen LogP contribution < -0.4 is 0 Å². The van der Waals surface area contributed by atoms with Gasteiger partial charge in [0.05, 0.1) is 0 Å². The molecule has 1 aromatic carbocycles. The Morgan fingerprint density at radius 3 is 2.36 bits per heavy atom. The molecule has 60 valence electrons. The van der Waals surface area contributed by atoms with E-state index in [1.54, 1.807) is 0 Å². The molecule has 0 spiro atoms. The Morgan fingerprint density at radius 2 is 1.91 bits per heavy atom. The maximum absolute atomic E-state index is 12.9. The largest absolute Gasteiger partial charge is 0.241 e. The molecule has 1 aromatic rings. The van der Waals surface area contributed by atoms with Crippen molar-refractivity contribution < 1.29 is 4.39 Å². The minimum Gasteiger partial charge on any atom is -0.241 e. The highest BCUT2D eigenvalue weighted by molar-refractivity contribution is 9.09. The van der Waals surface area contributed by atoms with Gasteiger partial charge in [0.15, 0.2) is 0 Å². The Morgan fingerprint density at radius 1 is 1.36 bits per heavy atom. The van der Waals surface area contributed by atoms with Crippen molar-refractivity contribution >= 4 is 15.9 Å². The normalized spacial score (nSPS) is 13.0. The minimum atomic E-state index is -0.879. The summed E-state index contributed by atoms with van der Waals surface area (Å²) in [4.78, 5) is 0. The quantitative estimate of drug-likeness (QED) is 0.666. The predicted molar refractivity (Wildman–Crippen MR) is 48.8 cm³/mol. The molecule has 2 heteroatoms. The lowest BCUT2D eigenvalue weighted by Crippen LogP contribution is -1.91. The molecule has 0 fully saturated rings. The van der Waals surface area contributed by atoms with Crippen LogP contribution in [0.4, 0.5) is 4.39 Å². The lowest BCUT2D eigenvalue weighted by atomic mass is 10.1. The molecule has 0 aromatic heterocycles. The van der Waals surface area contributed by atoms with Crippen LogP contribution in [0, 0.1) is 6.92 Å². The van der Waals surface area contributed by atoms with Crippen molar-refractivity contribution in [2.24, 2.45) is 0 Å². The van der Waals surface area contributed by atoms with E-state index in [9.17, 15) is 4.39 Å². The molecule has 0 radical (unpaired) electrons. The fourth-order valence-electron chi connectivity index (χ4n) is 0.864. The minimum absolute atomic E-state index is 0.371. The molecule has 0 saturated heterocycles. The van der Waals surface area contributed by atoms with E-state index in [4.69, 9.17) is 0 Å². The molecule has 1 atom stereocenters. The van der Waals surface area contributed by atoms with Crippen molar-refractivity contribution in [3.8, 4) is 0 Å². The van der Waals surface area contributed by atoms with Crippen molar-refractivity contribution in [3.05, 3.63) is 35.4 Å². The van der Waals surface area contributed by atoms with Crippen LogP contribution in [0.2, 0.25) is 0 Å². The number of alkyl halides is 2. The third kappa shape index (κ3) is 2.29. The van der Waals surface area contributed by atoms with Crippen LogP contribution in [0.1, 0.15) is 17.3 Å². The van der Waals surface area contributed by atoms with E-state index in [-0.39, 0.29) is 0 Å². The predicted octanol–water partition coefficient (Wildman–Crippen LogP) is 3.40. The van der Waals surface area contributed by atoms with Gasteiger partial charge in [-0.25, -0.2) is 4.39 Å². The summed E-state index contributed by atoms with van der Waals surface area (Å²) in [6, 6.07) is 7.48. The molecule has 11 heavy (non-hydrogen) atoms. The SMILES string of the molecule is Cc1ccc([C@@H](F)CBr)cc1. The van der Waals surface area contributed by atoms with Gasteiger partial charge < -0.3 is 0 Å². The summed E-state index contributed by atoms with van der Waals surface area (Å²) in [5, 5.41) is 0.371. The van der Waals surface area contributed by atoms with Crippen molar-refractivity contribution in [3.63, 3.8) is 0 Å². The van der Waals surface area contributed by atoms with E-state index in [2.05, 4.69) is 15.9 Å². The zero-order chi connectivity index (χ0) is 8.27. The van der Waals surface area contributed by atoms with Gasteiger partial charge >= 0.3 is 0 Å². The third-order valence-corrected chi connectivity index (χ3v) is 2.14. The molecule has 0 bridgehead atoms. The van der Waals surface area contributed by atoms with E-state index in [0.29, 0.717) is 5.33 Å². The van der Waals surface area contributed by atoms with Gasteiger partial charge in [-0.15, -0.1) is 0 Å². The number of hydrogen-bond donors (Lipinski definition) is 0. The maximum Gasteiger partial charge on any atom is 0.135 e. The van der Waals surface area contributed by atoms with E-state index >= 15 is 0 Å². The molecule has 0 saturated carbocycles. The van der Waals surface area contributed by atoms with Gasteiger partial charge in [-0.3, -0.25) is 0 Å². The van der Waals surface area contributed by atoms with Crippen molar-refractivity contribution in [1.29, 1.82) is 0 Å². The van der Waals surface area contributed by atoms with E-state index in [0.717, 1.165) is 11.1 Å². The lowest BCUT2D eigenvalue weighted by molar-refractivity contribution is 0.382. The van der Waals surface area contributed by atoms with Gasteiger partial charge in [0, 0.05) is 5.33 Å². The molecule has 0 aliphatic heterocycles. The van der Waals surface area contributed by atoms with Crippen LogP contribution in [0.5, 0.6) is 0 Å². The third-order valence-electron chi connectivity index (χ3n) is 1.57. The Bertz CT molecular complexity index is 218. The average molecular weight is 217 g/mol.